The van der Waals surface area contributed by atoms with Gasteiger partial charge in [0.1, 0.15) is 0 Å². The summed E-state index contributed by atoms with van der Waals surface area (Å²) in [4.78, 5) is 17.1. The van der Waals surface area contributed by atoms with Crippen LogP contribution in [0.1, 0.15) is 21.8 Å². The fourth-order valence-electron chi connectivity index (χ4n) is 1.93. The van der Waals surface area contributed by atoms with Gasteiger partial charge in [-0.2, -0.15) is 4.98 Å². The lowest BCUT2D eigenvalue weighted by molar-refractivity contribution is 0.0429. The third-order valence-electron chi connectivity index (χ3n) is 3.04. The zero-order valence-electron chi connectivity index (χ0n) is 12.4. The second-order valence-electron chi connectivity index (χ2n) is 4.70. The summed E-state index contributed by atoms with van der Waals surface area (Å²) in [5.74, 6) is 0.317. The molecule has 0 aliphatic heterocycles. The van der Waals surface area contributed by atoms with Crippen molar-refractivity contribution in [1.82, 2.24) is 10.1 Å². The van der Waals surface area contributed by atoms with Gasteiger partial charge in [-0.15, -0.1) is 11.3 Å². The van der Waals surface area contributed by atoms with Crippen molar-refractivity contribution >= 4 is 17.3 Å². The molecule has 23 heavy (non-hydrogen) atoms. The van der Waals surface area contributed by atoms with Crippen LogP contribution in [0.3, 0.4) is 0 Å². The molecule has 0 spiro atoms. The van der Waals surface area contributed by atoms with E-state index in [1.165, 1.54) is 11.3 Å². The summed E-state index contributed by atoms with van der Waals surface area (Å²) in [6.45, 7) is 0.444. The van der Waals surface area contributed by atoms with E-state index in [2.05, 4.69) is 10.1 Å². The topological polar surface area (TPSA) is 74.5 Å². The third-order valence-corrected chi connectivity index (χ3v) is 3.90. The predicted molar refractivity (Wildman–Crippen MR) is 83.9 cm³/mol. The van der Waals surface area contributed by atoms with Crippen LogP contribution >= 0.6 is 11.3 Å². The van der Waals surface area contributed by atoms with E-state index >= 15 is 0 Å². The summed E-state index contributed by atoms with van der Waals surface area (Å²) in [7, 11) is 1.62. The lowest BCUT2D eigenvalue weighted by Gasteiger charge is -2.03. The summed E-state index contributed by atoms with van der Waals surface area (Å²) >= 11 is 1.51. The Labute approximate surface area is 136 Å². The third kappa shape index (κ3) is 3.82. The molecule has 118 valence electrons. The van der Waals surface area contributed by atoms with Crippen molar-refractivity contribution in [3.8, 4) is 10.7 Å². The molecular formula is C16H14N2O4S. The van der Waals surface area contributed by atoms with Crippen LogP contribution in [-0.2, 0) is 22.7 Å². The van der Waals surface area contributed by atoms with Crippen molar-refractivity contribution in [1.29, 1.82) is 0 Å². The van der Waals surface area contributed by atoms with Crippen LogP contribution < -0.4 is 0 Å². The quantitative estimate of drug-likeness (QED) is 0.646. The number of carbonyl (C=O) groups excluding carboxylic acids is 1. The molecule has 0 radical (unpaired) electrons. The van der Waals surface area contributed by atoms with Crippen molar-refractivity contribution in [2.24, 2.45) is 0 Å². The van der Waals surface area contributed by atoms with Gasteiger partial charge in [0.2, 0.25) is 5.82 Å². The molecule has 0 aliphatic carbocycles. The van der Waals surface area contributed by atoms with Gasteiger partial charge < -0.3 is 14.0 Å². The van der Waals surface area contributed by atoms with E-state index in [-0.39, 0.29) is 12.5 Å². The van der Waals surface area contributed by atoms with Crippen LogP contribution in [0.2, 0.25) is 0 Å². The van der Waals surface area contributed by atoms with Crippen LogP contribution in [0, 0.1) is 0 Å². The minimum Gasteiger partial charge on any atom is -0.452 e. The second kappa shape index (κ2) is 7.17. The van der Waals surface area contributed by atoms with Crippen molar-refractivity contribution in [2.75, 3.05) is 7.11 Å². The molecule has 0 amide bonds. The van der Waals surface area contributed by atoms with Crippen LogP contribution in [0.15, 0.2) is 46.3 Å². The Bertz CT molecular complexity index is 766. The van der Waals surface area contributed by atoms with Gasteiger partial charge in [-0.25, -0.2) is 4.79 Å². The fourth-order valence-corrected chi connectivity index (χ4v) is 2.58. The van der Waals surface area contributed by atoms with Gasteiger partial charge in [-0.3, -0.25) is 0 Å². The number of nitrogens with zero attached hydrogens (tertiary/aromatic N) is 2. The zero-order valence-corrected chi connectivity index (χ0v) is 13.2. The highest BCUT2D eigenvalue weighted by molar-refractivity contribution is 7.13. The number of rotatable bonds is 6. The van der Waals surface area contributed by atoms with Gasteiger partial charge in [-0.05, 0) is 29.1 Å². The molecule has 0 fully saturated rings. The van der Waals surface area contributed by atoms with E-state index in [1.807, 2.05) is 29.6 Å². The predicted octanol–water partition coefficient (Wildman–Crippen LogP) is 3.30. The Morgan fingerprint density at radius 3 is 2.74 bits per heavy atom. The van der Waals surface area contributed by atoms with E-state index in [0.29, 0.717) is 18.0 Å². The number of hydrogen-bond donors (Lipinski definition) is 0. The number of methoxy groups -OCH3 is 1. The number of thiophene rings is 1. The Balaban J connectivity index is 1.58. The monoisotopic (exact) mass is 330 g/mol. The van der Waals surface area contributed by atoms with Crippen LogP contribution in [0.25, 0.3) is 10.7 Å². The molecule has 2 aromatic heterocycles. The van der Waals surface area contributed by atoms with E-state index in [1.54, 1.807) is 19.2 Å². The first-order chi connectivity index (χ1) is 11.3. The van der Waals surface area contributed by atoms with E-state index in [0.717, 1.165) is 10.4 Å². The van der Waals surface area contributed by atoms with Crippen molar-refractivity contribution in [3.05, 3.63) is 58.8 Å². The lowest BCUT2D eigenvalue weighted by Crippen LogP contribution is -2.05. The number of benzene rings is 1. The average Bonchev–Trinajstić information content (AvgIpc) is 3.25. The Morgan fingerprint density at radius 1 is 1.22 bits per heavy atom. The normalized spacial score (nSPS) is 10.7. The van der Waals surface area contributed by atoms with Gasteiger partial charge >= 0.3 is 5.97 Å². The largest absolute Gasteiger partial charge is 0.452 e. The van der Waals surface area contributed by atoms with Gasteiger partial charge in [0.15, 0.2) is 6.61 Å². The molecule has 0 atom stereocenters. The summed E-state index contributed by atoms with van der Waals surface area (Å²) in [6, 6.07) is 10.8. The highest BCUT2D eigenvalue weighted by Crippen LogP contribution is 2.21. The van der Waals surface area contributed by atoms with Gasteiger partial charge in [0.05, 0.1) is 17.0 Å². The molecule has 1 aromatic carbocycles. The van der Waals surface area contributed by atoms with Crippen LogP contribution in [-0.4, -0.2) is 23.2 Å². The Morgan fingerprint density at radius 2 is 2.04 bits per heavy atom. The maximum atomic E-state index is 12.0. The number of hydrogen-bond acceptors (Lipinski definition) is 7. The highest BCUT2D eigenvalue weighted by atomic mass is 32.1. The standard InChI is InChI=1S/C16H14N2O4S/c1-20-9-11-4-6-12(7-5-11)16(19)21-10-14-17-15(18-22-14)13-3-2-8-23-13/h2-8H,9-10H2,1H3. The van der Waals surface area contributed by atoms with E-state index in [9.17, 15) is 4.79 Å². The molecule has 6 nitrogen and oxygen atoms in total. The van der Waals surface area contributed by atoms with Gasteiger partial charge in [0.25, 0.3) is 5.89 Å². The van der Waals surface area contributed by atoms with Crippen LogP contribution in [0.5, 0.6) is 0 Å². The number of ether oxygens (including phenoxy) is 2. The molecule has 2 heterocycles. The minimum absolute atomic E-state index is 0.0585. The molecule has 0 saturated carbocycles. The first kappa shape index (κ1) is 15.4. The zero-order chi connectivity index (χ0) is 16.1. The maximum Gasteiger partial charge on any atom is 0.338 e. The van der Waals surface area contributed by atoms with E-state index < -0.39 is 5.97 Å². The van der Waals surface area contributed by atoms with Gasteiger partial charge in [0, 0.05) is 7.11 Å². The lowest BCUT2D eigenvalue weighted by atomic mass is 10.1. The van der Waals surface area contributed by atoms with Crippen LogP contribution in [0.4, 0.5) is 0 Å². The molecule has 0 aliphatic rings. The first-order valence-electron chi connectivity index (χ1n) is 6.88. The summed E-state index contributed by atoms with van der Waals surface area (Å²) in [6.07, 6.45) is 0. The fraction of sp³-hybridized carbons (Fsp3) is 0.188. The molecule has 0 bridgehead atoms. The number of esters is 1. The molecule has 0 N–H and O–H groups in total. The highest BCUT2D eigenvalue weighted by Gasteiger charge is 2.13. The average molecular weight is 330 g/mol. The molecule has 0 unspecified atom stereocenters. The Kier molecular flexibility index (Phi) is 4.80. The number of aromatic nitrogens is 2. The smallest absolute Gasteiger partial charge is 0.338 e. The van der Waals surface area contributed by atoms with Gasteiger partial charge in [-0.1, -0.05) is 23.4 Å². The number of carbonyl (C=O) groups is 1. The summed E-state index contributed by atoms with van der Waals surface area (Å²) < 4.78 is 15.3. The van der Waals surface area contributed by atoms with Crippen molar-refractivity contribution in [3.63, 3.8) is 0 Å². The molecule has 7 heteroatoms. The summed E-state index contributed by atoms with van der Waals surface area (Å²) in [5.41, 5.74) is 1.45. The molecular weight excluding hydrogens is 316 g/mol. The molecule has 3 aromatic rings. The van der Waals surface area contributed by atoms with E-state index in [4.69, 9.17) is 14.0 Å². The first-order valence-corrected chi connectivity index (χ1v) is 7.75. The Hall–Kier alpha value is -2.51. The summed E-state index contributed by atoms with van der Waals surface area (Å²) in [5, 5.41) is 5.79. The van der Waals surface area contributed by atoms with Crippen molar-refractivity contribution in [2.45, 2.75) is 13.2 Å². The molecule has 0 saturated heterocycles. The minimum atomic E-state index is -0.440. The maximum absolute atomic E-state index is 12.0. The SMILES string of the molecule is COCc1ccc(C(=O)OCc2nc(-c3cccs3)no2)cc1. The second-order valence-corrected chi connectivity index (χ2v) is 5.64. The molecule has 3 rings (SSSR count). The van der Waals surface area contributed by atoms with Crippen molar-refractivity contribution < 1.29 is 18.8 Å².